The second-order valence-electron chi connectivity index (χ2n) is 10.6. The molecular weight excluding hydrogens is 578 g/mol. The smallest absolute Gasteiger partial charge is 0.131 e. The number of allylic oxidation sites excluding steroid dienone is 4. The van der Waals surface area contributed by atoms with Crippen molar-refractivity contribution in [2.75, 3.05) is 0 Å². The number of nitrogens with zero attached hydrogens (tertiary/aromatic N) is 4. The Morgan fingerprint density at radius 2 is 0.978 bits per heavy atom. The first-order chi connectivity index (χ1) is 22.4. The number of aromatic nitrogens is 4. The van der Waals surface area contributed by atoms with E-state index in [1.807, 2.05) is 36.4 Å². The molecule has 6 nitrogen and oxygen atoms in total. The largest absolute Gasteiger partial charge is 0.299 e. The third-order valence-corrected chi connectivity index (χ3v) is 7.72. The maximum atomic E-state index is 15.6. The van der Waals surface area contributed by atoms with Gasteiger partial charge < -0.3 is 0 Å². The molecule has 8 heteroatoms. The second-order valence-corrected chi connectivity index (χ2v) is 10.6. The van der Waals surface area contributed by atoms with Crippen LogP contribution in [0.2, 0.25) is 0 Å². The van der Waals surface area contributed by atoms with Crippen LogP contribution in [0.5, 0.6) is 0 Å². The highest BCUT2D eigenvalue weighted by molar-refractivity contribution is 6.61. The van der Waals surface area contributed by atoms with Gasteiger partial charge in [-0.25, -0.2) is 8.78 Å². The molecule has 7 rings (SSSR count). The maximum Gasteiger partial charge on any atom is 0.131 e. The number of pyridine rings is 4. The van der Waals surface area contributed by atoms with Crippen LogP contribution in [0.1, 0.15) is 11.1 Å². The Morgan fingerprint density at radius 3 is 1.50 bits per heavy atom. The normalized spacial score (nSPS) is 12.9. The molecule has 220 valence electrons. The predicted molar refractivity (Wildman–Crippen MR) is 177 cm³/mol. The Labute approximate surface area is 263 Å². The summed E-state index contributed by atoms with van der Waals surface area (Å²) >= 11 is 0. The summed E-state index contributed by atoms with van der Waals surface area (Å²) in [5.74, 6) is -0.929. The van der Waals surface area contributed by atoms with Gasteiger partial charge in [0.15, 0.2) is 0 Å². The first kappa shape index (κ1) is 28.5. The minimum atomic E-state index is -0.482. The van der Waals surface area contributed by atoms with E-state index in [9.17, 15) is 0 Å². The molecule has 0 aliphatic heterocycles. The van der Waals surface area contributed by atoms with E-state index in [1.165, 1.54) is 18.2 Å². The van der Waals surface area contributed by atoms with Gasteiger partial charge in [-0.05, 0) is 101 Å². The van der Waals surface area contributed by atoms with E-state index in [4.69, 9.17) is 10.8 Å². The van der Waals surface area contributed by atoms with Crippen molar-refractivity contribution in [1.82, 2.24) is 19.9 Å². The molecule has 2 aromatic carbocycles. The molecule has 2 N–H and O–H groups in total. The quantitative estimate of drug-likeness (QED) is 0.186. The molecule has 0 bridgehead atoms. The summed E-state index contributed by atoms with van der Waals surface area (Å²) in [5, 5.41) is 17.0. The van der Waals surface area contributed by atoms with Crippen LogP contribution in [0.25, 0.3) is 56.2 Å². The van der Waals surface area contributed by atoms with E-state index in [1.54, 1.807) is 79.4 Å². The monoisotopic (exact) mass is 602 g/mol. The molecule has 1 aliphatic rings. The average Bonchev–Trinajstić information content (AvgIpc) is 3.10. The van der Waals surface area contributed by atoms with E-state index in [0.717, 1.165) is 0 Å². The zero-order valence-corrected chi connectivity index (χ0v) is 24.2. The van der Waals surface area contributed by atoms with Crippen molar-refractivity contribution in [2.45, 2.75) is 0 Å². The molecule has 0 amide bonds. The molecule has 0 saturated carbocycles. The molecule has 0 radical (unpaired) electrons. The van der Waals surface area contributed by atoms with Gasteiger partial charge in [0.25, 0.3) is 0 Å². The van der Waals surface area contributed by atoms with Crippen molar-refractivity contribution in [1.29, 1.82) is 10.8 Å². The lowest BCUT2D eigenvalue weighted by Gasteiger charge is -2.18. The van der Waals surface area contributed by atoms with Crippen molar-refractivity contribution in [3.63, 3.8) is 0 Å². The number of halogens is 2. The summed E-state index contributed by atoms with van der Waals surface area (Å²) in [6.07, 6.45) is 9.81. The minimum absolute atomic E-state index is 0.0480. The lowest BCUT2D eigenvalue weighted by molar-refractivity contribution is 0.630. The van der Waals surface area contributed by atoms with Crippen molar-refractivity contribution < 1.29 is 8.78 Å². The van der Waals surface area contributed by atoms with Gasteiger partial charge in [-0.1, -0.05) is 36.4 Å². The van der Waals surface area contributed by atoms with E-state index in [2.05, 4.69) is 19.9 Å². The van der Waals surface area contributed by atoms with Gasteiger partial charge in [-0.15, -0.1) is 0 Å². The van der Waals surface area contributed by atoms with Crippen LogP contribution < -0.4 is 0 Å². The second kappa shape index (κ2) is 12.0. The average molecular weight is 603 g/mol. The van der Waals surface area contributed by atoms with Crippen molar-refractivity contribution >= 4 is 22.6 Å². The number of benzene rings is 2. The van der Waals surface area contributed by atoms with E-state index in [-0.39, 0.29) is 11.4 Å². The number of rotatable bonds is 6. The zero-order valence-electron chi connectivity index (χ0n) is 24.2. The Balaban J connectivity index is 1.19. The molecule has 0 atom stereocenters. The summed E-state index contributed by atoms with van der Waals surface area (Å²) in [6.45, 7) is 0. The van der Waals surface area contributed by atoms with Crippen LogP contribution in [0.4, 0.5) is 8.78 Å². The van der Waals surface area contributed by atoms with Crippen LogP contribution >= 0.6 is 0 Å². The number of hydrogen-bond donors (Lipinski definition) is 2. The van der Waals surface area contributed by atoms with Gasteiger partial charge >= 0.3 is 0 Å². The lowest BCUT2D eigenvalue weighted by Crippen LogP contribution is -2.16. The Kier molecular flexibility index (Phi) is 7.44. The number of hydrogen-bond acceptors (Lipinski definition) is 6. The molecule has 0 spiro atoms. The summed E-state index contributed by atoms with van der Waals surface area (Å²) < 4.78 is 31.2. The first-order valence-electron chi connectivity index (χ1n) is 14.4. The SMILES string of the molecule is N=C1C=C(c2ccc(-c3ccnc(-c4ccccn4)c3)c(F)c2)C=C(c2ccc(-c3ccnc(-c4ccccn4)c3)c(F)c2)C1=N. The fraction of sp³-hybridized carbons (Fsp3) is 0. The minimum Gasteiger partial charge on any atom is -0.299 e. The predicted octanol–water partition coefficient (Wildman–Crippen LogP) is 8.73. The van der Waals surface area contributed by atoms with Gasteiger partial charge in [-0.2, -0.15) is 0 Å². The third kappa shape index (κ3) is 5.55. The van der Waals surface area contributed by atoms with Crippen LogP contribution in [-0.4, -0.2) is 31.4 Å². The molecule has 6 aromatic rings. The fourth-order valence-electron chi connectivity index (χ4n) is 5.39. The topological polar surface area (TPSA) is 99.3 Å². The summed E-state index contributed by atoms with van der Waals surface area (Å²) in [7, 11) is 0. The molecule has 0 fully saturated rings. The molecule has 4 heterocycles. The van der Waals surface area contributed by atoms with Crippen LogP contribution in [-0.2, 0) is 0 Å². The fourth-order valence-corrected chi connectivity index (χ4v) is 5.39. The van der Waals surface area contributed by atoms with Crippen LogP contribution in [0, 0.1) is 22.5 Å². The highest BCUT2D eigenvalue weighted by Crippen LogP contribution is 2.34. The molecule has 4 aromatic heterocycles. The standard InChI is InChI=1S/C38H24F2N6/c39-31-18-23(7-9-28(31)25-11-15-45-36(21-25)34-5-1-3-13-43-34)27-17-30(38(42)33(41)20-27)24-8-10-29(32(40)19-24)26-12-16-46-37(22-26)35-6-2-4-14-44-35/h1-22,41-42H. The van der Waals surface area contributed by atoms with Gasteiger partial charge in [0.2, 0.25) is 0 Å². The Bertz CT molecular complexity index is 2210. The number of nitrogens with one attached hydrogen (secondary N) is 2. The van der Waals surface area contributed by atoms with Gasteiger partial charge in [-0.3, -0.25) is 30.8 Å². The Hall–Kier alpha value is -6.28. The summed E-state index contributed by atoms with van der Waals surface area (Å²) in [5.41, 5.74) is 6.47. The molecule has 46 heavy (non-hydrogen) atoms. The van der Waals surface area contributed by atoms with Crippen LogP contribution in [0.3, 0.4) is 0 Å². The highest BCUT2D eigenvalue weighted by atomic mass is 19.1. The third-order valence-electron chi connectivity index (χ3n) is 7.72. The van der Waals surface area contributed by atoms with Crippen molar-refractivity contribution in [3.8, 4) is 45.0 Å². The molecular formula is C38H24F2N6. The van der Waals surface area contributed by atoms with E-state index >= 15 is 8.78 Å². The Morgan fingerprint density at radius 1 is 0.457 bits per heavy atom. The highest BCUT2D eigenvalue weighted by Gasteiger charge is 2.21. The molecule has 0 saturated heterocycles. The van der Waals surface area contributed by atoms with Gasteiger partial charge in [0.1, 0.15) is 11.6 Å². The van der Waals surface area contributed by atoms with Crippen molar-refractivity contribution in [2.24, 2.45) is 0 Å². The summed E-state index contributed by atoms with van der Waals surface area (Å²) in [6, 6.07) is 27.7. The van der Waals surface area contributed by atoms with E-state index in [0.29, 0.717) is 67.3 Å². The van der Waals surface area contributed by atoms with Gasteiger partial charge in [0, 0.05) is 41.5 Å². The lowest BCUT2D eigenvalue weighted by atomic mass is 9.87. The maximum absolute atomic E-state index is 15.6. The first-order valence-corrected chi connectivity index (χ1v) is 14.4. The van der Waals surface area contributed by atoms with E-state index < -0.39 is 11.6 Å². The molecule has 0 unspecified atom stereocenters. The zero-order chi connectivity index (χ0) is 31.6. The van der Waals surface area contributed by atoms with Gasteiger partial charge in [0.05, 0.1) is 34.2 Å². The molecule has 1 aliphatic carbocycles. The van der Waals surface area contributed by atoms with Crippen molar-refractivity contribution in [3.05, 3.63) is 157 Å². The summed E-state index contributed by atoms with van der Waals surface area (Å²) in [4.78, 5) is 17.4. The van der Waals surface area contributed by atoms with Crippen LogP contribution in [0.15, 0.2) is 134 Å².